The first-order chi connectivity index (χ1) is 6.65. The van der Waals surface area contributed by atoms with Crippen LogP contribution in [0.25, 0.3) is 0 Å². The number of aliphatic hydroxyl groups excluding tert-OH is 1. The fourth-order valence-corrected chi connectivity index (χ4v) is 1.70. The van der Waals surface area contributed by atoms with E-state index in [9.17, 15) is 5.11 Å². The summed E-state index contributed by atoms with van der Waals surface area (Å²) in [6, 6.07) is 5.85. The fraction of sp³-hybridized carbons (Fsp3) is 0.455. The molecule has 1 unspecified atom stereocenters. The predicted molar refractivity (Wildman–Crippen MR) is 65.6 cm³/mol. The van der Waals surface area contributed by atoms with Gasteiger partial charge in [0.05, 0.1) is 12.7 Å². The van der Waals surface area contributed by atoms with Crippen LogP contribution in [0.4, 0.5) is 0 Å². The smallest absolute Gasteiger partial charge is 0.125 e. The molecule has 0 saturated carbocycles. The van der Waals surface area contributed by atoms with Gasteiger partial charge in [0.1, 0.15) is 5.75 Å². The molecule has 78 valence electrons. The number of rotatable bonds is 4. The van der Waals surface area contributed by atoms with Crippen molar-refractivity contribution in [1.29, 1.82) is 0 Å². The molecule has 3 heteroatoms. The fourth-order valence-electron chi connectivity index (χ4n) is 1.19. The molecule has 0 fully saturated rings. The summed E-state index contributed by atoms with van der Waals surface area (Å²) >= 11 is 2.23. The van der Waals surface area contributed by atoms with Gasteiger partial charge in [0, 0.05) is 9.13 Å². The first-order valence-corrected chi connectivity index (χ1v) is 5.83. The third-order valence-corrected chi connectivity index (χ3v) is 2.55. The molecular formula is C11H15IO2. The topological polar surface area (TPSA) is 29.5 Å². The van der Waals surface area contributed by atoms with Crippen molar-refractivity contribution < 1.29 is 9.84 Å². The lowest BCUT2D eigenvalue weighted by Crippen LogP contribution is -2.01. The summed E-state index contributed by atoms with van der Waals surface area (Å²) in [5.41, 5.74) is 0.866. The lowest BCUT2D eigenvalue weighted by atomic mass is 10.1. The zero-order valence-electron chi connectivity index (χ0n) is 8.46. The highest BCUT2D eigenvalue weighted by Crippen LogP contribution is 2.27. The Morgan fingerprint density at radius 3 is 2.79 bits per heavy atom. The van der Waals surface area contributed by atoms with Crippen molar-refractivity contribution >= 4 is 22.6 Å². The summed E-state index contributed by atoms with van der Waals surface area (Å²) < 4.78 is 6.65. The van der Waals surface area contributed by atoms with Crippen LogP contribution < -0.4 is 4.74 Å². The Balaban J connectivity index is 2.90. The van der Waals surface area contributed by atoms with Crippen LogP contribution in [-0.2, 0) is 0 Å². The summed E-state index contributed by atoms with van der Waals surface area (Å²) in [5, 5.41) is 9.54. The maximum atomic E-state index is 9.54. The van der Waals surface area contributed by atoms with Gasteiger partial charge in [-0.15, -0.1) is 0 Å². The first kappa shape index (κ1) is 11.8. The van der Waals surface area contributed by atoms with Crippen LogP contribution in [-0.4, -0.2) is 11.7 Å². The summed E-state index contributed by atoms with van der Waals surface area (Å²) in [7, 11) is 0. The molecule has 0 spiro atoms. The third kappa shape index (κ3) is 3.13. The molecule has 0 amide bonds. The Morgan fingerprint density at radius 1 is 1.50 bits per heavy atom. The number of hydrogen-bond donors (Lipinski definition) is 1. The molecule has 0 radical (unpaired) electrons. The van der Waals surface area contributed by atoms with Crippen molar-refractivity contribution in [2.24, 2.45) is 0 Å². The third-order valence-electron chi connectivity index (χ3n) is 1.88. The Bertz CT molecular complexity index is 297. The van der Waals surface area contributed by atoms with Gasteiger partial charge in [-0.25, -0.2) is 0 Å². The molecule has 1 rings (SSSR count). The molecule has 0 saturated heterocycles. The summed E-state index contributed by atoms with van der Waals surface area (Å²) in [6.07, 6.45) is 0.502. The van der Waals surface area contributed by atoms with Gasteiger partial charge < -0.3 is 9.84 Å². The number of hydrogen-bond acceptors (Lipinski definition) is 2. The largest absolute Gasteiger partial charge is 0.493 e. The second-order valence-corrected chi connectivity index (χ2v) is 4.45. The lowest BCUT2D eigenvalue weighted by Gasteiger charge is -2.13. The normalized spacial score (nSPS) is 12.6. The Hall–Kier alpha value is -0.290. The van der Waals surface area contributed by atoms with Crippen LogP contribution in [0, 0.1) is 3.57 Å². The highest BCUT2D eigenvalue weighted by molar-refractivity contribution is 14.1. The minimum absolute atomic E-state index is 0.475. The van der Waals surface area contributed by atoms with Gasteiger partial charge in [-0.2, -0.15) is 0 Å². The number of aliphatic hydroxyl groups is 1. The SMILES string of the molecule is CCCOc1ccc(I)cc1C(C)O. The molecular weight excluding hydrogens is 291 g/mol. The molecule has 14 heavy (non-hydrogen) atoms. The van der Waals surface area contributed by atoms with Crippen molar-refractivity contribution in [1.82, 2.24) is 0 Å². The van der Waals surface area contributed by atoms with Crippen LogP contribution >= 0.6 is 22.6 Å². The van der Waals surface area contributed by atoms with Crippen molar-refractivity contribution in [2.45, 2.75) is 26.4 Å². The van der Waals surface area contributed by atoms with Gasteiger partial charge in [0.25, 0.3) is 0 Å². The molecule has 1 atom stereocenters. The monoisotopic (exact) mass is 306 g/mol. The van der Waals surface area contributed by atoms with E-state index in [1.54, 1.807) is 6.92 Å². The zero-order chi connectivity index (χ0) is 10.6. The van der Waals surface area contributed by atoms with E-state index in [-0.39, 0.29) is 0 Å². The maximum Gasteiger partial charge on any atom is 0.125 e. The van der Waals surface area contributed by atoms with Crippen LogP contribution in [0.1, 0.15) is 31.9 Å². The Morgan fingerprint density at radius 2 is 2.21 bits per heavy atom. The van der Waals surface area contributed by atoms with Gasteiger partial charge in [0.15, 0.2) is 0 Å². The first-order valence-electron chi connectivity index (χ1n) is 4.75. The average molecular weight is 306 g/mol. The van der Waals surface area contributed by atoms with Gasteiger partial charge >= 0.3 is 0 Å². The van der Waals surface area contributed by atoms with E-state index in [0.29, 0.717) is 6.61 Å². The molecule has 0 aliphatic carbocycles. The van der Waals surface area contributed by atoms with E-state index in [2.05, 4.69) is 29.5 Å². The second kappa shape index (κ2) is 5.56. The van der Waals surface area contributed by atoms with Gasteiger partial charge in [-0.1, -0.05) is 6.92 Å². The molecule has 0 aliphatic rings. The van der Waals surface area contributed by atoms with E-state index < -0.39 is 6.10 Å². The average Bonchev–Trinajstić information content (AvgIpc) is 2.15. The van der Waals surface area contributed by atoms with Crippen LogP contribution in [0.3, 0.4) is 0 Å². The van der Waals surface area contributed by atoms with Crippen molar-refractivity contribution in [3.8, 4) is 5.75 Å². The van der Waals surface area contributed by atoms with E-state index in [0.717, 1.165) is 21.3 Å². The van der Waals surface area contributed by atoms with Crippen LogP contribution in [0.15, 0.2) is 18.2 Å². The lowest BCUT2D eigenvalue weighted by molar-refractivity contribution is 0.191. The standard InChI is InChI=1S/C11H15IO2/c1-3-6-14-11-5-4-9(12)7-10(11)8(2)13/h4-5,7-8,13H,3,6H2,1-2H3. The zero-order valence-corrected chi connectivity index (χ0v) is 10.6. The highest BCUT2D eigenvalue weighted by atomic mass is 127. The van der Waals surface area contributed by atoms with Gasteiger partial charge in [-0.05, 0) is 54.1 Å². The quantitative estimate of drug-likeness (QED) is 0.866. The summed E-state index contributed by atoms with van der Waals surface area (Å²) in [4.78, 5) is 0. The number of ether oxygens (including phenoxy) is 1. The molecule has 0 bridgehead atoms. The summed E-state index contributed by atoms with van der Waals surface area (Å²) in [5.74, 6) is 0.794. The Labute approximate surface area is 98.4 Å². The van der Waals surface area contributed by atoms with Gasteiger partial charge in [-0.3, -0.25) is 0 Å². The minimum Gasteiger partial charge on any atom is -0.493 e. The molecule has 1 aromatic rings. The van der Waals surface area contributed by atoms with Crippen molar-refractivity contribution in [3.63, 3.8) is 0 Å². The second-order valence-electron chi connectivity index (χ2n) is 3.21. The van der Waals surface area contributed by atoms with E-state index in [1.165, 1.54) is 0 Å². The molecule has 1 N–H and O–H groups in total. The minimum atomic E-state index is -0.475. The molecule has 1 aromatic carbocycles. The number of halogens is 1. The number of benzene rings is 1. The van der Waals surface area contributed by atoms with Crippen molar-refractivity contribution in [3.05, 3.63) is 27.3 Å². The Kier molecular flexibility index (Phi) is 4.68. The molecule has 2 nitrogen and oxygen atoms in total. The van der Waals surface area contributed by atoms with E-state index >= 15 is 0 Å². The van der Waals surface area contributed by atoms with Crippen LogP contribution in [0.5, 0.6) is 5.75 Å². The van der Waals surface area contributed by atoms with E-state index in [4.69, 9.17) is 4.74 Å². The van der Waals surface area contributed by atoms with Crippen LogP contribution in [0.2, 0.25) is 0 Å². The maximum absolute atomic E-state index is 9.54. The van der Waals surface area contributed by atoms with Crippen molar-refractivity contribution in [2.75, 3.05) is 6.61 Å². The van der Waals surface area contributed by atoms with Gasteiger partial charge in [0.2, 0.25) is 0 Å². The van der Waals surface area contributed by atoms with E-state index in [1.807, 2.05) is 18.2 Å². The molecule has 0 heterocycles. The predicted octanol–water partition coefficient (Wildman–Crippen LogP) is 3.13. The summed E-state index contributed by atoms with van der Waals surface area (Å²) in [6.45, 7) is 4.51. The molecule has 0 aromatic heterocycles. The molecule has 0 aliphatic heterocycles. The highest BCUT2D eigenvalue weighted by Gasteiger charge is 2.09.